The van der Waals surface area contributed by atoms with E-state index in [1.807, 2.05) is 12.1 Å². The van der Waals surface area contributed by atoms with Gasteiger partial charge in [-0.3, -0.25) is 14.4 Å². The van der Waals surface area contributed by atoms with E-state index >= 15 is 0 Å². The number of rotatable bonds is 4. The van der Waals surface area contributed by atoms with E-state index in [2.05, 4.69) is 0 Å². The van der Waals surface area contributed by atoms with Crippen LogP contribution in [0.2, 0.25) is 0 Å². The summed E-state index contributed by atoms with van der Waals surface area (Å²) in [6, 6.07) is 7.12. The highest BCUT2D eigenvalue weighted by atomic mass is 16.5. The Morgan fingerprint density at radius 3 is 2.05 bits per heavy atom. The lowest BCUT2D eigenvalue weighted by Crippen LogP contribution is -2.45. The van der Waals surface area contributed by atoms with Crippen molar-refractivity contribution in [3.63, 3.8) is 0 Å². The van der Waals surface area contributed by atoms with E-state index in [9.17, 15) is 14.4 Å². The monoisotopic (exact) mass is 290 g/mol. The van der Waals surface area contributed by atoms with Crippen molar-refractivity contribution in [3.8, 4) is 0 Å². The van der Waals surface area contributed by atoms with Crippen LogP contribution in [0.4, 0.5) is 0 Å². The molecule has 1 aliphatic carbocycles. The second-order valence-electron chi connectivity index (χ2n) is 5.20. The molecule has 21 heavy (non-hydrogen) atoms. The van der Waals surface area contributed by atoms with Crippen molar-refractivity contribution in [2.45, 2.75) is 19.3 Å². The first-order valence-electron chi connectivity index (χ1n) is 6.76. The number of benzene rings is 1. The maximum absolute atomic E-state index is 11.9. The van der Waals surface area contributed by atoms with E-state index in [-0.39, 0.29) is 17.7 Å². The van der Waals surface area contributed by atoms with Crippen LogP contribution in [0.5, 0.6) is 0 Å². The summed E-state index contributed by atoms with van der Waals surface area (Å²) < 4.78 is 9.51. The molecule has 5 heteroatoms. The molecule has 2 rings (SSSR count). The summed E-state index contributed by atoms with van der Waals surface area (Å²) in [5, 5.41) is 0. The minimum absolute atomic E-state index is 0.00730. The summed E-state index contributed by atoms with van der Waals surface area (Å²) in [5.74, 6) is -1.86. The summed E-state index contributed by atoms with van der Waals surface area (Å²) in [6.07, 6.45) is 0.547. The number of methoxy groups -OCH3 is 2. The van der Waals surface area contributed by atoms with Crippen molar-refractivity contribution in [2.24, 2.45) is 11.8 Å². The molecule has 112 valence electrons. The second kappa shape index (κ2) is 6.08. The molecule has 0 N–H and O–H groups in total. The Hall–Kier alpha value is -2.17. The van der Waals surface area contributed by atoms with E-state index in [4.69, 9.17) is 9.47 Å². The molecule has 1 aromatic rings. The molecule has 1 saturated carbocycles. The zero-order chi connectivity index (χ0) is 15.6. The Bertz CT molecular complexity index is 561. The Kier molecular flexibility index (Phi) is 4.40. The molecule has 0 aromatic heterocycles. The third-order valence-electron chi connectivity index (χ3n) is 4.10. The van der Waals surface area contributed by atoms with Crippen LogP contribution in [0.25, 0.3) is 0 Å². The average molecular weight is 290 g/mol. The van der Waals surface area contributed by atoms with Gasteiger partial charge in [0.15, 0.2) is 5.78 Å². The van der Waals surface area contributed by atoms with Crippen LogP contribution in [0, 0.1) is 11.8 Å². The first-order valence-corrected chi connectivity index (χ1v) is 6.76. The van der Waals surface area contributed by atoms with Crippen molar-refractivity contribution in [1.82, 2.24) is 0 Å². The summed E-state index contributed by atoms with van der Waals surface area (Å²) in [5.41, 5.74) is 1.55. The Morgan fingerprint density at radius 2 is 1.57 bits per heavy atom. The van der Waals surface area contributed by atoms with Gasteiger partial charge in [0.2, 0.25) is 0 Å². The zero-order valence-corrected chi connectivity index (χ0v) is 12.3. The van der Waals surface area contributed by atoms with E-state index in [1.54, 1.807) is 12.1 Å². The van der Waals surface area contributed by atoms with Gasteiger partial charge in [0.05, 0.1) is 26.1 Å². The molecule has 0 spiro atoms. The Labute approximate surface area is 123 Å². The minimum Gasteiger partial charge on any atom is -0.469 e. The molecule has 1 aromatic carbocycles. The fourth-order valence-corrected chi connectivity index (χ4v) is 2.82. The number of carbonyl (C=O) groups is 3. The lowest BCUT2D eigenvalue weighted by Gasteiger charge is -2.41. The Morgan fingerprint density at radius 1 is 1.00 bits per heavy atom. The van der Waals surface area contributed by atoms with Crippen LogP contribution < -0.4 is 0 Å². The molecule has 0 saturated heterocycles. The SMILES string of the molecule is COC(=O)[C@H]1CC(c2ccc(C(C)=O)cc2)[C@@H]1C(=O)OC. The van der Waals surface area contributed by atoms with Crippen molar-refractivity contribution in [3.05, 3.63) is 35.4 Å². The molecule has 0 aliphatic heterocycles. The first-order chi connectivity index (χ1) is 9.99. The van der Waals surface area contributed by atoms with Crippen LogP contribution >= 0.6 is 0 Å². The van der Waals surface area contributed by atoms with Crippen molar-refractivity contribution < 1.29 is 23.9 Å². The molecular formula is C16H18O5. The summed E-state index contributed by atoms with van der Waals surface area (Å²) in [7, 11) is 2.62. The van der Waals surface area contributed by atoms with Gasteiger partial charge in [0, 0.05) is 5.56 Å². The van der Waals surface area contributed by atoms with Gasteiger partial charge in [-0.2, -0.15) is 0 Å². The fraction of sp³-hybridized carbons (Fsp3) is 0.438. The topological polar surface area (TPSA) is 69.7 Å². The standard InChI is InChI=1S/C16H18O5/c1-9(17)10-4-6-11(7-5-10)12-8-13(15(18)20-2)14(12)16(19)21-3/h4-7,12-14H,8H2,1-3H3/t12?,13-,14-/m0/s1. The number of Topliss-reactive ketones (excluding diaryl/α,β-unsaturated/α-hetero) is 1. The normalized spacial score (nSPS) is 23.9. The fourth-order valence-electron chi connectivity index (χ4n) is 2.82. The van der Waals surface area contributed by atoms with Crippen LogP contribution in [-0.2, 0) is 19.1 Å². The number of carbonyl (C=O) groups excluding carboxylic acids is 3. The molecule has 0 heterocycles. The summed E-state index contributed by atoms with van der Waals surface area (Å²) in [6.45, 7) is 1.50. The van der Waals surface area contributed by atoms with E-state index in [1.165, 1.54) is 21.1 Å². The molecule has 1 fully saturated rings. The van der Waals surface area contributed by atoms with E-state index < -0.39 is 17.8 Å². The van der Waals surface area contributed by atoms with Crippen LogP contribution in [0.15, 0.2) is 24.3 Å². The first kappa shape index (κ1) is 15.2. The third kappa shape index (κ3) is 2.82. The van der Waals surface area contributed by atoms with Gasteiger partial charge in [-0.15, -0.1) is 0 Å². The maximum atomic E-state index is 11.9. The lowest BCUT2D eigenvalue weighted by molar-refractivity contribution is -0.166. The van der Waals surface area contributed by atoms with Crippen molar-refractivity contribution in [2.75, 3.05) is 14.2 Å². The van der Waals surface area contributed by atoms with Gasteiger partial charge in [0.1, 0.15) is 0 Å². The van der Waals surface area contributed by atoms with Gasteiger partial charge >= 0.3 is 11.9 Å². The second-order valence-corrected chi connectivity index (χ2v) is 5.20. The number of ether oxygens (including phenoxy) is 2. The summed E-state index contributed by atoms with van der Waals surface area (Å²) in [4.78, 5) is 34.8. The molecule has 1 unspecified atom stereocenters. The van der Waals surface area contributed by atoms with Gasteiger partial charge in [-0.1, -0.05) is 24.3 Å². The average Bonchev–Trinajstić information content (AvgIpc) is 2.46. The van der Waals surface area contributed by atoms with Crippen molar-refractivity contribution >= 4 is 17.7 Å². The van der Waals surface area contributed by atoms with Gasteiger partial charge < -0.3 is 9.47 Å². The lowest BCUT2D eigenvalue weighted by atomic mass is 9.62. The van der Waals surface area contributed by atoms with Crippen LogP contribution in [0.3, 0.4) is 0 Å². The maximum Gasteiger partial charge on any atom is 0.310 e. The smallest absolute Gasteiger partial charge is 0.310 e. The molecular weight excluding hydrogens is 272 g/mol. The Balaban J connectivity index is 2.21. The molecule has 0 radical (unpaired) electrons. The summed E-state index contributed by atoms with van der Waals surface area (Å²) >= 11 is 0. The minimum atomic E-state index is -0.523. The van der Waals surface area contributed by atoms with Crippen LogP contribution in [0.1, 0.15) is 35.2 Å². The number of ketones is 1. The highest BCUT2D eigenvalue weighted by Crippen LogP contribution is 2.48. The van der Waals surface area contributed by atoms with Gasteiger partial charge in [-0.25, -0.2) is 0 Å². The number of esters is 2. The molecule has 5 nitrogen and oxygen atoms in total. The molecule has 0 bridgehead atoms. The third-order valence-corrected chi connectivity index (χ3v) is 4.10. The predicted octanol–water partition coefficient (Wildman–Crippen LogP) is 1.95. The number of hydrogen-bond acceptors (Lipinski definition) is 5. The van der Waals surface area contributed by atoms with Crippen LogP contribution in [-0.4, -0.2) is 31.9 Å². The zero-order valence-electron chi connectivity index (χ0n) is 12.3. The highest BCUT2D eigenvalue weighted by Gasteiger charge is 2.51. The van der Waals surface area contributed by atoms with Gasteiger partial charge in [-0.05, 0) is 24.8 Å². The van der Waals surface area contributed by atoms with E-state index in [0.717, 1.165) is 5.56 Å². The van der Waals surface area contributed by atoms with Gasteiger partial charge in [0.25, 0.3) is 0 Å². The molecule has 0 amide bonds. The predicted molar refractivity (Wildman–Crippen MR) is 74.8 cm³/mol. The molecule has 1 aliphatic rings. The van der Waals surface area contributed by atoms with Crippen molar-refractivity contribution in [1.29, 1.82) is 0 Å². The number of hydrogen-bond donors (Lipinski definition) is 0. The molecule has 3 atom stereocenters. The quantitative estimate of drug-likeness (QED) is 0.626. The largest absolute Gasteiger partial charge is 0.469 e. The van der Waals surface area contributed by atoms with E-state index in [0.29, 0.717) is 12.0 Å². The highest BCUT2D eigenvalue weighted by molar-refractivity contribution is 5.94.